The van der Waals surface area contributed by atoms with E-state index in [4.69, 9.17) is 11.5 Å². The number of nitrogens with one attached hydrogen (secondary N) is 10. The van der Waals surface area contributed by atoms with Crippen LogP contribution in [0.25, 0.3) is 0 Å². The first-order valence-corrected chi connectivity index (χ1v) is 26.2. The number of aliphatic hydroxyl groups is 1. The topological polar surface area (TPSA) is 453 Å². The van der Waals surface area contributed by atoms with Crippen LogP contribution in [-0.2, 0) is 59.2 Å². The summed E-state index contributed by atoms with van der Waals surface area (Å²) in [7, 11) is 3.42. The molecule has 0 saturated carbocycles. The molecular formula is C48H78N14O15S. The average Bonchev–Trinajstić information content (AvgIpc) is 3.35. The van der Waals surface area contributed by atoms with Crippen LogP contribution >= 0.6 is 11.8 Å². The fraction of sp³-hybridized carbons (Fsp3) is 0.604. The van der Waals surface area contributed by atoms with E-state index in [1.807, 2.05) is 0 Å². The van der Waals surface area contributed by atoms with E-state index < -0.39 is 145 Å². The van der Waals surface area contributed by atoms with Crippen molar-refractivity contribution in [1.82, 2.24) is 53.2 Å². The highest BCUT2D eigenvalue weighted by molar-refractivity contribution is 7.98. The van der Waals surface area contributed by atoms with E-state index in [9.17, 15) is 72.9 Å². The normalized spacial score (nSPS) is 14.3. The molecule has 0 saturated heterocycles. The second-order valence-corrected chi connectivity index (χ2v) is 19.8. The molecule has 1 aromatic rings. The van der Waals surface area contributed by atoms with Gasteiger partial charge in [0.05, 0.1) is 18.6 Å². The Balaban J connectivity index is 3.10. The van der Waals surface area contributed by atoms with E-state index in [1.54, 1.807) is 45.2 Å². The van der Waals surface area contributed by atoms with E-state index in [0.717, 1.165) is 6.92 Å². The van der Waals surface area contributed by atoms with Gasteiger partial charge in [0.2, 0.25) is 59.1 Å². The molecule has 0 unspecified atom stereocenters. The first-order chi connectivity index (χ1) is 36.4. The molecule has 0 aliphatic carbocycles. The van der Waals surface area contributed by atoms with Gasteiger partial charge < -0.3 is 84.9 Å². The summed E-state index contributed by atoms with van der Waals surface area (Å²) in [6, 6.07) is -7.72. The molecule has 0 aliphatic rings. The highest BCUT2D eigenvalue weighted by Crippen LogP contribution is 2.19. The summed E-state index contributed by atoms with van der Waals surface area (Å²) in [5.74, 6) is -11.1. The van der Waals surface area contributed by atoms with Crippen molar-refractivity contribution >= 4 is 94.4 Å². The highest BCUT2D eigenvalue weighted by atomic mass is 32.2. The zero-order chi connectivity index (χ0) is 59.6. The van der Waals surface area contributed by atoms with Crippen LogP contribution in [0.5, 0.6) is 0 Å². The predicted molar refractivity (Wildman–Crippen MR) is 287 cm³/mol. The molecule has 0 aromatic heterocycles. The van der Waals surface area contributed by atoms with Crippen LogP contribution in [-0.4, -0.2) is 192 Å². The van der Waals surface area contributed by atoms with E-state index in [2.05, 4.69) is 58.2 Å². The number of rotatable bonds is 34. The molecule has 78 heavy (non-hydrogen) atoms. The minimum absolute atomic E-state index is 0.00962. The number of thioether (sulfide) groups is 1. The summed E-state index contributed by atoms with van der Waals surface area (Å²) in [4.78, 5) is 161. The first-order valence-electron chi connectivity index (χ1n) is 24.8. The number of carboxylic acid groups (broad SMARTS) is 2. The van der Waals surface area contributed by atoms with Crippen LogP contribution in [0.4, 0.5) is 5.69 Å². The van der Waals surface area contributed by atoms with Gasteiger partial charge in [-0.25, -0.2) is 9.59 Å². The number of carboxylic acids is 2. The number of hydrogen-bond acceptors (Lipinski definition) is 16. The monoisotopic (exact) mass is 1120 g/mol. The van der Waals surface area contributed by atoms with E-state index >= 15 is 0 Å². The number of benzene rings is 1. The van der Waals surface area contributed by atoms with Gasteiger partial charge >= 0.3 is 11.9 Å². The number of nitrogens with two attached hydrogens (primary N) is 2. The Morgan fingerprint density at radius 1 is 0.615 bits per heavy atom. The van der Waals surface area contributed by atoms with Crippen LogP contribution in [0.3, 0.4) is 0 Å². The van der Waals surface area contributed by atoms with Gasteiger partial charge in [-0.15, -0.1) is 0 Å². The number of aliphatic imine (C=N–C) groups is 1. The minimum Gasteiger partial charge on any atom is -0.480 e. The molecule has 0 spiro atoms. The number of aliphatic carboxylic acids is 1. The number of aromatic carboxylic acids is 1. The average molecular weight is 1120 g/mol. The highest BCUT2D eigenvalue weighted by Gasteiger charge is 2.33. The third-order valence-corrected chi connectivity index (χ3v) is 12.0. The standard InChI is InChI=1S/C48H78N14O15S/c1-23(2)18-34(47(76)77)60-41(69)27(6)55-39(67)25(4)53-38(66)24(3)54-40(68)26(5)56-42(70)33(15-17-78-10)59-45(73)36(22-63)61-43(71)32(12-11-16-51-48(49)50)58-44(72)35(57-28(7)64)21-52-37(65)19-29-13-14-30(62(8)9)20-31(29)46(74)75/h13-14,20,23-27,32-36,63H,11-12,15-19,21-22H2,1-10H3,(H,52,65)(H,53,66)(H,54,68)(H,55,67)(H,56,70)(H,57,64)(H,58,72)(H,59,73)(H,60,69)(H,61,71)(H,74,75)(H,76,77)(H4,49,50,51)/t24-,25-,26-,27-,32-,33-,34-,35-,36-/m0/s1. The van der Waals surface area contributed by atoms with Crippen molar-refractivity contribution in [2.24, 2.45) is 22.4 Å². The van der Waals surface area contributed by atoms with Gasteiger partial charge in [0.1, 0.15) is 54.4 Å². The summed E-state index contributed by atoms with van der Waals surface area (Å²) in [6.45, 7) is 8.34. The molecule has 17 N–H and O–H groups in total. The number of amides is 10. The Bertz CT molecular complexity index is 2330. The molecule has 0 radical (unpaired) electrons. The van der Waals surface area contributed by atoms with E-state index in [-0.39, 0.29) is 55.2 Å². The van der Waals surface area contributed by atoms with Gasteiger partial charge in [-0.05, 0) is 89.0 Å². The van der Waals surface area contributed by atoms with Gasteiger partial charge in [-0.3, -0.25) is 52.9 Å². The fourth-order valence-electron chi connectivity index (χ4n) is 6.97. The largest absolute Gasteiger partial charge is 0.480 e. The van der Waals surface area contributed by atoms with Crippen molar-refractivity contribution in [1.29, 1.82) is 0 Å². The summed E-state index contributed by atoms with van der Waals surface area (Å²) >= 11 is 1.31. The maximum Gasteiger partial charge on any atom is 0.336 e. The lowest BCUT2D eigenvalue weighted by molar-refractivity contribution is -0.142. The molecule has 0 heterocycles. The lowest BCUT2D eigenvalue weighted by Gasteiger charge is -2.26. The second kappa shape index (κ2) is 34.1. The molecule has 30 heteroatoms. The third-order valence-electron chi connectivity index (χ3n) is 11.4. The Kier molecular flexibility index (Phi) is 29.8. The Morgan fingerprint density at radius 3 is 1.51 bits per heavy atom. The minimum atomic E-state index is -1.73. The van der Waals surface area contributed by atoms with Crippen LogP contribution < -0.4 is 69.5 Å². The van der Waals surface area contributed by atoms with Crippen molar-refractivity contribution in [2.75, 3.05) is 50.7 Å². The molecule has 0 bridgehead atoms. The summed E-state index contributed by atoms with van der Waals surface area (Å²) in [5.41, 5.74) is 11.5. The predicted octanol–water partition coefficient (Wildman–Crippen LogP) is -4.50. The Hall–Kier alpha value is -7.76. The third kappa shape index (κ3) is 24.9. The lowest BCUT2D eigenvalue weighted by atomic mass is 10.0. The van der Waals surface area contributed by atoms with Crippen molar-refractivity contribution in [3.05, 3.63) is 29.3 Å². The summed E-state index contributed by atoms with van der Waals surface area (Å²) in [5, 5.41) is 53.6. The molecule has 436 valence electrons. The number of carbonyl (C=O) groups is 12. The maximum atomic E-state index is 13.8. The second-order valence-electron chi connectivity index (χ2n) is 18.8. The number of aliphatic hydroxyl groups excluding tert-OH is 1. The molecule has 9 atom stereocenters. The van der Waals surface area contributed by atoms with Gasteiger partial charge in [-0.1, -0.05) is 19.9 Å². The molecule has 10 amide bonds. The molecular weight excluding hydrogens is 1040 g/mol. The number of carbonyl (C=O) groups excluding carboxylic acids is 10. The summed E-state index contributed by atoms with van der Waals surface area (Å²) < 4.78 is 0. The maximum absolute atomic E-state index is 13.8. The van der Waals surface area contributed by atoms with Crippen molar-refractivity contribution < 1.29 is 72.9 Å². The molecule has 1 rings (SSSR count). The summed E-state index contributed by atoms with van der Waals surface area (Å²) in [6.07, 6.45) is 1.36. The van der Waals surface area contributed by atoms with Gasteiger partial charge in [0, 0.05) is 39.8 Å². The van der Waals surface area contributed by atoms with Crippen molar-refractivity contribution in [2.45, 2.75) is 135 Å². The van der Waals surface area contributed by atoms with Gasteiger partial charge in [0.15, 0.2) is 5.96 Å². The van der Waals surface area contributed by atoms with Crippen LogP contribution in [0.15, 0.2) is 23.2 Å². The molecule has 29 nitrogen and oxygen atoms in total. The lowest BCUT2D eigenvalue weighted by Crippen LogP contribution is -2.60. The van der Waals surface area contributed by atoms with Crippen LogP contribution in [0.1, 0.15) is 90.1 Å². The number of hydrogen-bond donors (Lipinski definition) is 15. The van der Waals surface area contributed by atoms with E-state index in [0.29, 0.717) is 11.4 Å². The van der Waals surface area contributed by atoms with Crippen LogP contribution in [0.2, 0.25) is 0 Å². The molecule has 1 aromatic carbocycles. The van der Waals surface area contributed by atoms with Crippen molar-refractivity contribution in [3.63, 3.8) is 0 Å². The SMILES string of the molecule is CSCC[C@H](NC(=O)[C@H](CO)NC(=O)[C@H](CCCN=C(N)N)NC(=O)[C@H](CNC(=O)Cc1ccc(N(C)C)cc1C(=O)O)NC(C)=O)C(=O)N[C@@H](C)C(=O)N[C@@H](C)C(=O)N[C@@H](C)C(=O)N[C@@H](C)C(=O)N[C@@H](CC(C)C)C(=O)O. The Morgan fingerprint density at radius 2 is 1.06 bits per heavy atom. The van der Waals surface area contributed by atoms with Gasteiger partial charge in [-0.2, -0.15) is 11.8 Å². The van der Waals surface area contributed by atoms with Gasteiger partial charge in [0.25, 0.3) is 0 Å². The number of guanidine groups is 1. The fourth-order valence-corrected chi connectivity index (χ4v) is 7.44. The number of anilines is 1. The number of nitrogens with zero attached hydrogens (tertiary/aromatic N) is 2. The zero-order valence-corrected chi connectivity index (χ0v) is 46.4. The molecule has 0 aliphatic heterocycles. The van der Waals surface area contributed by atoms with Crippen molar-refractivity contribution in [3.8, 4) is 0 Å². The first kappa shape index (κ1) is 68.3. The molecule has 0 fully saturated rings. The zero-order valence-electron chi connectivity index (χ0n) is 45.6. The smallest absolute Gasteiger partial charge is 0.336 e. The van der Waals surface area contributed by atoms with Crippen LogP contribution in [0, 0.1) is 5.92 Å². The van der Waals surface area contributed by atoms with E-state index in [1.165, 1.54) is 51.6 Å². The Labute approximate surface area is 456 Å². The quantitative estimate of drug-likeness (QED) is 0.0176.